The lowest BCUT2D eigenvalue weighted by atomic mass is 10.1. The third-order valence-electron chi connectivity index (χ3n) is 1.64. The van der Waals surface area contributed by atoms with Crippen LogP contribution >= 0.6 is 15.9 Å². The monoisotopic (exact) mass is 254 g/mol. The van der Waals surface area contributed by atoms with Gasteiger partial charge in [0.1, 0.15) is 12.4 Å². The topological polar surface area (TPSA) is 26.3 Å². The predicted molar refractivity (Wildman–Crippen MR) is 60.0 cm³/mol. The van der Waals surface area contributed by atoms with Crippen molar-refractivity contribution in [1.29, 1.82) is 0 Å². The fourth-order valence-corrected chi connectivity index (χ4v) is 1.08. The second-order valence-corrected chi connectivity index (χ2v) is 4.01. The first-order valence-corrected chi connectivity index (χ1v) is 4.96. The molecule has 0 aromatic heterocycles. The van der Waals surface area contributed by atoms with E-state index in [-0.39, 0.29) is 5.78 Å². The van der Waals surface area contributed by atoms with Gasteiger partial charge in [0.15, 0.2) is 5.78 Å². The first kappa shape index (κ1) is 11.0. The smallest absolute Gasteiger partial charge is 0.159 e. The molecule has 1 rings (SSSR count). The van der Waals surface area contributed by atoms with E-state index in [9.17, 15) is 4.79 Å². The Morgan fingerprint density at radius 1 is 1.57 bits per heavy atom. The van der Waals surface area contributed by atoms with Crippen molar-refractivity contribution in [3.05, 3.63) is 40.9 Å². The van der Waals surface area contributed by atoms with Crippen molar-refractivity contribution in [2.75, 3.05) is 6.61 Å². The van der Waals surface area contributed by atoms with E-state index in [0.29, 0.717) is 17.9 Å². The highest BCUT2D eigenvalue weighted by Gasteiger charge is 2.00. The number of hydrogen-bond acceptors (Lipinski definition) is 2. The predicted octanol–water partition coefficient (Wildman–Crippen LogP) is 3.18. The molecule has 0 spiro atoms. The molecule has 0 radical (unpaired) electrons. The summed E-state index contributed by atoms with van der Waals surface area (Å²) in [7, 11) is 0. The van der Waals surface area contributed by atoms with E-state index in [1.165, 1.54) is 6.92 Å². The molecule has 0 heterocycles. The van der Waals surface area contributed by atoms with Gasteiger partial charge in [0.2, 0.25) is 0 Å². The maximum Gasteiger partial charge on any atom is 0.159 e. The largest absolute Gasteiger partial charge is 0.488 e. The molecule has 0 aliphatic rings. The van der Waals surface area contributed by atoms with Crippen LogP contribution in [0.5, 0.6) is 5.75 Å². The van der Waals surface area contributed by atoms with E-state index < -0.39 is 0 Å². The molecule has 0 bridgehead atoms. The molecule has 74 valence electrons. The summed E-state index contributed by atoms with van der Waals surface area (Å²) in [6.45, 7) is 5.59. The highest BCUT2D eigenvalue weighted by atomic mass is 79.9. The van der Waals surface area contributed by atoms with E-state index in [1.807, 2.05) is 6.07 Å². The normalized spacial score (nSPS) is 9.57. The summed E-state index contributed by atoms with van der Waals surface area (Å²) in [5, 5.41) is 0. The highest BCUT2D eigenvalue weighted by Crippen LogP contribution is 2.15. The zero-order valence-corrected chi connectivity index (χ0v) is 9.50. The van der Waals surface area contributed by atoms with Gasteiger partial charge < -0.3 is 4.74 Å². The molecule has 0 unspecified atom stereocenters. The van der Waals surface area contributed by atoms with Gasteiger partial charge >= 0.3 is 0 Å². The van der Waals surface area contributed by atoms with Crippen LogP contribution in [0.2, 0.25) is 0 Å². The number of carbonyl (C=O) groups excluding carboxylic acids is 1. The van der Waals surface area contributed by atoms with Crippen molar-refractivity contribution >= 4 is 21.7 Å². The Morgan fingerprint density at radius 3 is 2.86 bits per heavy atom. The van der Waals surface area contributed by atoms with Gasteiger partial charge in [-0.05, 0) is 19.1 Å². The Bertz CT molecular complexity index is 358. The minimum absolute atomic E-state index is 0.0353. The lowest BCUT2D eigenvalue weighted by Crippen LogP contribution is -1.98. The summed E-state index contributed by atoms with van der Waals surface area (Å²) in [4.78, 5) is 11.1. The lowest BCUT2D eigenvalue weighted by molar-refractivity contribution is 0.101. The molecule has 2 nitrogen and oxygen atoms in total. The van der Waals surface area contributed by atoms with Crippen molar-refractivity contribution in [1.82, 2.24) is 0 Å². The average molecular weight is 255 g/mol. The van der Waals surface area contributed by atoms with Gasteiger partial charge in [0.05, 0.1) is 0 Å². The molecule has 14 heavy (non-hydrogen) atoms. The van der Waals surface area contributed by atoms with Crippen LogP contribution in [0.15, 0.2) is 35.3 Å². The second kappa shape index (κ2) is 4.96. The van der Waals surface area contributed by atoms with Crippen molar-refractivity contribution in [2.24, 2.45) is 0 Å². The zero-order chi connectivity index (χ0) is 10.6. The summed E-state index contributed by atoms with van der Waals surface area (Å²) in [6, 6.07) is 7.09. The Hall–Kier alpha value is -1.09. The fourth-order valence-electron chi connectivity index (χ4n) is 0.967. The van der Waals surface area contributed by atoms with Crippen LogP contribution in [-0.2, 0) is 0 Å². The summed E-state index contributed by atoms with van der Waals surface area (Å²) in [6.07, 6.45) is 0. The van der Waals surface area contributed by atoms with Gasteiger partial charge in [-0.25, -0.2) is 0 Å². The number of ether oxygens (including phenoxy) is 1. The number of ketones is 1. The van der Waals surface area contributed by atoms with E-state index in [1.54, 1.807) is 18.2 Å². The molecule has 0 aliphatic heterocycles. The Balaban J connectivity index is 2.73. The Morgan fingerprint density at radius 2 is 2.29 bits per heavy atom. The Labute approximate surface area is 91.7 Å². The number of hydrogen-bond donors (Lipinski definition) is 0. The second-order valence-electron chi connectivity index (χ2n) is 2.89. The Kier molecular flexibility index (Phi) is 3.89. The SMILES string of the molecule is C=C(Br)COc1cccc(C(C)=O)c1. The molecular weight excluding hydrogens is 244 g/mol. The van der Waals surface area contributed by atoms with Gasteiger partial charge in [0.25, 0.3) is 0 Å². The quantitative estimate of drug-likeness (QED) is 0.772. The van der Waals surface area contributed by atoms with Gasteiger partial charge in [-0.2, -0.15) is 0 Å². The van der Waals surface area contributed by atoms with Crippen molar-refractivity contribution < 1.29 is 9.53 Å². The molecule has 0 fully saturated rings. The molecule has 0 N–H and O–H groups in total. The lowest BCUT2D eigenvalue weighted by Gasteiger charge is -2.05. The van der Waals surface area contributed by atoms with Gasteiger partial charge in [-0.15, -0.1) is 0 Å². The van der Waals surface area contributed by atoms with Gasteiger partial charge in [-0.3, -0.25) is 4.79 Å². The van der Waals surface area contributed by atoms with Crippen LogP contribution in [0.3, 0.4) is 0 Å². The minimum Gasteiger partial charge on any atom is -0.488 e. The first-order chi connectivity index (χ1) is 6.59. The molecule has 1 aromatic carbocycles. The summed E-state index contributed by atoms with van der Waals surface area (Å²) < 4.78 is 6.13. The fraction of sp³-hybridized carbons (Fsp3) is 0.182. The van der Waals surface area contributed by atoms with Gasteiger partial charge in [0, 0.05) is 10.0 Å². The van der Waals surface area contributed by atoms with E-state index in [4.69, 9.17) is 4.74 Å². The molecule has 0 atom stereocenters. The number of carbonyl (C=O) groups is 1. The van der Waals surface area contributed by atoms with Crippen LogP contribution in [0.4, 0.5) is 0 Å². The van der Waals surface area contributed by atoms with E-state index in [0.717, 1.165) is 4.48 Å². The van der Waals surface area contributed by atoms with Crippen molar-refractivity contribution in [2.45, 2.75) is 6.92 Å². The number of benzene rings is 1. The molecule has 0 saturated carbocycles. The summed E-state index contributed by atoms with van der Waals surface area (Å²) in [5.74, 6) is 0.714. The van der Waals surface area contributed by atoms with Gasteiger partial charge in [-0.1, -0.05) is 34.6 Å². The summed E-state index contributed by atoms with van der Waals surface area (Å²) >= 11 is 3.19. The molecule has 3 heteroatoms. The zero-order valence-electron chi connectivity index (χ0n) is 7.92. The van der Waals surface area contributed by atoms with Crippen LogP contribution < -0.4 is 4.74 Å². The molecule has 0 aliphatic carbocycles. The first-order valence-electron chi connectivity index (χ1n) is 4.16. The van der Waals surface area contributed by atoms with Crippen LogP contribution in [0.1, 0.15) is 17.3 Å². The number of halogens is 1. The van der Waals surface area contributed by atoms with Crippen LogP contribution in [0.25, 0.3) is 0 Å². The minimum atomic E-state index is 0.0353. The standard InChI is InChI=1S/C11H11BrO2/c1-8(12)7-14-11-5-3-4-10(6-11)9(2)13/h3-6H,1,7H2,2H3. The molecule has 1 aromatic rings. The van der Waals surface area contributed by atoms with Crippen molar-refractivity contribution in [3.8, 4) is 5.75 Å². The third kappa shape index (κ3) is 3.34. The van der Waals surface area contributed by atoms with Crippen LogP contribution in [-0.4, -0.2) is 12.4 Å². The maximum atomic E-state index is 11.1. The van der Waals surface area contributed by atoms with Crippen LogP contribution in [0, 0.1) is 0 Å². The maximum absolute atomic E-state index is 11.1. The third-order valence-corrected chi connectivity index (χ3v) is 1.86. The molecule has 0 amide bonds. The van der Waals surface area contributed by atoms with E-state index >= 15 is 0 Å². The molecular formula is C11H11BrO2. The average Bonchev–Trinajstić information content (AvgIpc) is 2.15. The summed E-state index contributed by atoms with van der Waals surface area (Å²) in [5.41, 5.74) is 0.655. The number of Topliss-reactive ketones (excluding diaryl/α,β-unsaturated/α-hetero) is 1. The highest BCUT2D eigenvalue weighted by molar-refractivity contribution is 9.11. The van der Waals surface area contributed by atoms with Crippen molar-refractivity contribution in [3.63, 3.8) is 0 Å². The van der Waals surface area contributed by atoms with E-state index in [2.05, 4.69) is 22.5 Å². The molecule has 0 saturated heterocycles. The number of rotatable bonds is 4.